The highest BCUT2D eigenvalue weighted by Gasteiger charge is 2.28. The summed E-state index contributed by atoms with van der Waals surface area (Å²) in [6.07, 6.45) is 4.79. The third kappa shape index (κ3) is 6.83. The average molecular weight is 485 g/mol. The molecule has 0 heterocycles. The van der Waals surface area contributed by atoms with E-state index in [-0.39, 0.29) is 36.7 Å². The predicted octanol–water partition coefficient (Wildman–Crippen LogP) is 4.07. The standard InChI is InChI=1S/C23H29ClN2O3S.ClH/c24-19-3-1-2-17(12-19)13-22-21-14-20(8-6-18(21)7-9-23(22)25)29-11-10-26-30(27,28)15-16-4-5-16;/h1-3,6,8,12,14,16,22-23,26H,4-5,7,9-11,13,15,25H2;1H. The topological polar surface area (TPSA) is 81.4 Å². The highest BCUT2D eigenvalue weighted by molar-refractivity contribution is 7.89. The van der Waals surface area contributed by atoms with Crippen LogP contribution >= 0.6 is 24.0 Å². The first kappa shape index (κ1) is 24.3. The fourth-order valence-corrected chi connectivity index (χ4v) is 5.87. The van der Waals surface area contributed by atoms with E-state index in [0.717, 1.165) is 42.9 Å². The van der Waals surface area contributed by atoms with Crippen LogP contribution < -0.4 is 15.2 Å². The van der Waals surface area contributed by atoms with Crippen molar-refractivity contribution in [2.45, 2.75) is 44.1 Å². The number of ether oxygens (including phenoxy) is 1. The molecule has 2 aliphatic rings. The van der Waals surface area contributed by atoms with E-state index < -0.39 is 10.0 Å². The normalized spacial score (nSPS) is 20.6. The minimum absolute atomic E-state index is 0. The molecule has 0 bridgehead atoms. The lowest BCUT2D eigenvalue weighted by Crippen LogP contribution is -2.34. The monoisotopic (exact) mass is 484 g/mol. The van der Waals surface area contributed by atoms with Gasteiger partial charge in [-0.15, -0.1) is 12.4 Å². The molecule has 3 N–H and O–H groups in total. The molecular formula is C23H30Cl2N2O3S. The number of aryl methyl sites for hydroxylation is 1. The van der Waals surface area contributed by atoms with E-state index in [2.05, 4.69) is 22.9 Å². The van der Waals surface area contributed by atoms with Gasteiger partial charge >= 0.3 is 0 Å². The molecule has 2 aromatic rings. The molecule has 0 amide bonds. The van der Waals surface area contributed by atoms with Crippen LogP contribution in [0.4, 0.5) is 0 Å². The average Bonchev–Trinajstić information content (AvgIpc) is 3.51. The zero-order chi connectivity index (χ0) is 21.1. The minimum atomic E-state index is -3.20. The van der Waals surface area contributed by atoms with Gasteiger partial charge in [0.2, 0.25) is 10.0 Å². The summed E-state index contributed by atoms with van der Waals surface area (Å²) in [6.45, 7) is 0.575. The Kier molecular flexibility index (Phi) is 8.27. The largest absolute Gasteiger partial charge is 0.492 e. The number of benzene rings is 2. The summed E-state index contributed by atoms with van der Waals surface area (Å²) in [6, 6.07) is 14.2. The first-order valence-corrected chi connectivity index (χ1v) is 12.7. The second-order valence-electron chi connectivity index (χ2n) is 8.47. The van der Waals surface area contributed by atoms with E-state index >= 15 is 0 Å². The van der Waals surface area contributed by atoms with Crippen molar-refractivity contribution in [1.29, 1.82) is 0 Å². The fourth-order valence-electron chi connectivity index (χ4n) is 4.19. The third-order valence-corrected chi connectivity index (χ3v) is 7.76. The molecule has 1 fully saturated rings. The smallest absolute Gasteiger partial charge is 0.211 e. The van der Waals surface area contributed by atoms with Crippen LogP contribution in [-0.4, -0.2) is 33.4 Å². The molecule has 0 aliphatic heterocycles. The van der Waals surface area contributed by atoms with Crippen LogP contribution in [0.2, 0.25) is 5.02 Å². The predicted molar refractivity (Wildman–Crippen MR) is 128 cm³/mol. The van der Waals surface area contributed by atoms with Crippen LogP contribution in [0.5, 0.6) is 5.75 Å². The molecule has 0 aromatic heterocycles. The Morgan fingerprint density at radius 3 is 2.68 bits per heavy atom. The molecule has 2 aliphatic carbocycles. The Balaban J connectivity index is 0.00000272. The Bertz CT molecular complexity index is 996. The van der Waals surface area contributed by atoms with Crippen molar-refractivity contribution in [2.75, 3.05) is 18.9 Å². The summed E-state index contributed by atoms with van der Waals surface area (Å²) < 4.78 is 32.4. The van der Waals surface area contributed by atoms with Crippen LogP contribution in [0.1, 0.15) is 41.9 Å². The molecule has 5 nitrogen and oxygen atoms in total. The van der Waals surface area contributed by atoms with Crippen LogP contribution in [0.25, 0.3) is 0 Å². The molecule has 170 valence electrons. The van der Waals surface area contributed by atoms with Gasteiger partial charge in [0.25, 0.3) is 0 Å². The molecule has 0 saturated heterocycles. The van der Waals surface area contributed by atoms with Gasteiger partial charge in [0.15, 0.2) is 0 Å². The van der Waals surface area contributed by atoms with E-state index in [4.69, 9.17) is 22.1 Å². The van der Waals surface area contributed by atoms with Crippen LogP contribution in [0.15, 0.2) is 42.5 Å². The van der Waals surface area contributed by atoms with Gasteiger partial charge in [-0.1, -0.05) is 29.8 Å². The van der Waals surface area contributed by atoms with Crippen molar-refractivity contribution >= 4 is 34.0 Å². The van der Waals surface area contributed by atoms with Gasteiger partial charge < -0.3 is 10.5 Å². The highest BCUT2D eigenvalue weighted by Crippen LogP contribution is 2.36. The second-order valence-corrected chi connectivity index (χ2v) is 10.8. The molecule has 0 radical (unpaired) electrons. The van der Waals surface area contributed by atoms with Gasteiger partial charge in [-0.05, 0) is 79.0 Å². The number of fused-ring (bicyclic) bond motifs is 1. The van der Waals surface area contributed by atoms with E-state index in [1.807, 2.05) is 24.3 Å². The summed E-state index contributed by atoms with van der Waals surface area (Å²) in [5.74, 6) is 1.52. The van der Waals surface area contributed by atoms with Crippen molar-refractivity contribution in [1.82, 2.24) is 4.72 Å². The maximum absolute atomic E-state index is 12.0. The van der Waals surface area contributed by atoms with Crippen molar-refractivity contribution in [3.05, 3.63) is 64.2 Å². The van der Waals surface area contributed by atoms with Crippen LogP contribution in [0, 0.1) is 5.92 Å². The molecule has 8 heteroatoms. The first-order valence-electron chi connectivity index (χ1n) is 10.6. The Labute approximate surface area is 196 Å². The highest BCUT2D eigenvalue weighted by atomic mass is 35.5. The molecule has 2 aromatic carbocycles. The minimum Gasteiger partial charge on any atom is -0.492 e. The number of halogens is 2. The van der Waals surface area contributed by atoms with Gasteiger partial charge in [0, 0.05) is 23.5 Å². The Hall–Kier alpha value is -1.31. The third-order valence-electron chi connectivity index (χ3n) is 5.97. The van der Waals surface area contributed by atoms with Gasteiger partial charge in [0.1, 0.15) is 12.4 Å². The summed E-state index contributed by atoms with van der Waals surface area (Å²) in [4.78, 5) is 0. The molecule has 0 spiro atoms. The maximum atomic E-state index is 12.0. The molecule has 1 saturated carbocycles. The number of nitrogens with two attached hydrogens (primary N) is 1. The summed E-state index contributed by atoms with van der Waals surface area (Å²) >= 11 is 6.16. The number of hydrogen-bond donors (Lipinski definition) is 2. The van der Waals surface area contributed by atoms with E-state index in [1.165, 1.54) is 16.7 Å². The molecule has 31 heavy (non-hydrogen) atoms. The number of nitrogens with one attached hydrogen (secondary N) is 1. The van der Waals surface area contributed by atoms with Gasteiger partial charge in [0.05, 0.1) is 5.75 Å². The fraction of sp³-hybridized carbons (Fsp3) is 0.478. The number of rotatable bonds is 9. The Morgan fingerprint density at radius 1 is 1.13 bits per heavy atom. The SMILES string of the molecule is Cl.NC1CCc2ccc(OCCNS(=O)(=O)CC3CC3)cc2C1Cc1cccc(Cl)c1. The summed E-state index contributed by atoms with van der Waals surface area (Å²) in [5, 5.41) is 0.735. The number of hydrogen-bond acceptors (Lipinski definition) is 4. The summed E-state index contributed by atoms with van der Waals surface area (Å²) in [5.41, 5.74) is 10.2. The molecular weight excluding hydrogens is 455 g/mol. The second kappa shape index (κ2) is 10.5. The van der Waals surface area contributed by atoms with Gasteiger partial charge in [-0.25, -0.2) is 13.1 Å². The first-order chi connectivity index (χ1) is 14.4. The Morgan fingerprint density at radius 2 is 1.94 bits per heavy atom. The maximum Gasteiger partial charge on any atom is 0.211 e. The zero-order valence-corrected chi connectivity index (χ0v) is 19.8. The van der Waals surface area contributed by atoms with Gasteiger partial charge in [-0.2, -0.15) is 0 Å². The quantitative estimate of drug-likeness (QED) is 0.525. The van der Waals surface area contributed by atoms with Crippen molar-refractivity contribution in [3.8, 4) is 5.75 Å². The van der Waals surface area contributed by atoms with Crippen molar-refractivity contribution in [3.63, 3.8) is 0 Å². The van der Waals surface area contributed by atoms with Gasteiger partial charge in [-0.3, -0.25) is 0 Å². The molecule has 2 unspecified atom stereocenters. The lowest BCUT2D eigenvalue weighted by Gasteiger charge is -2.32. The molecule has 2 atom stereocenters. The zero-order valence-electron chi connectivity index (χ0n) is 17.4. The van der Waals surface area contributed by atoms with E-state index in [1.54, 1.807) is 0 Å². The number of sulfonamides is 1. The lowest BCUT2D eigenvalue weighted by atomic mass is 9.76. The van der Waals surface area contributed by atoms with Crippen LogP contribution in [-0.2, 0) is 22.9 Å². The van der Waals surface area contributed by atoms with E-state index in [0.29, 0.717) is 12.5 Å². The van der Waals surface area contributed by atoms with Crippen LogP contribution in [0.3, 0.4) is 0 Å². The van der Waals surface area contributed by atoms with Crippen molar-refractivity contribution < 1.29 is 13.2 Å². The summed E-state index contributed by atoms with van der Waals surface area (Å²) in [7, 11) is -3.20. The van der Waals surface area contributed by atoms with E-state index in [9.17, 15) is 8.42 Å². The van der Waals surface area contributed by atoms with Crippen molar-refractivity contribution in [2.24, 2.45) is 11.7 Å². The molecule has 4 rings (SSSR count). The lowest BCUT2D eigenvalue weighted by molar-refractivity contribution is 0.321.